The molecule has 1 N–H and O–H groups in total. The minimum Gasteiger partial charge on any atom is -0.494 e. The minimum absolute atomic E-state index is 0.0503. The van der Waals surface area contributed by atoms with Gasteiger partial charge in [-0.3, -0.25) is 4.79 Å². The molecule has 0 saturated carbocycles. The molecule has 1 aliphatic rings. The van der Waals surface area contributed by atoms with E-state index < -0.39 is 15.8 Å². The molecule has 134 valence electrons. The second-order valence-corrected chi connectivity index (χ2v) is 7.79. The number of nitrogens with zero attached hydrogens (tertiary/aromatic N) is 1. The van der Waals surface area contributed by atoms with Gasteiger partial charge in [-0.1, -0.05) is 0 Å². The minimum atomic E-state index is -3.25. The van der Waals surface area contributed by atoms with Crippen LogP contribution in [0, 0.1) is 5.82 Å². The maximum Gasteiger partial charge on any atom is 0.254 e. The van der Waals surface area contributed by atoms with Gasteiger partial charge in [0, 0.05) is 24.7 Å². The molecule has 0 aromatic heterocycles. The summed E-state index contributed by atoms with van der Waals surface area (Å²) >= 11 is 0. The zero-order valence-corrected chi connectivity index (χ0v) is 14.7. The molecular formula is C16H23FN2O4S. The van der Waals surface area contributed by atoms with E-state index in [2.05, 4.69) is 4.72 Å². The monoisotopic (exact) mass is 358 g/mol. The Morgan fingerprint density at radius 2 is 2.17 bits per heavy atom. The lowest BCUT2D eigenvalue weighted by Crippen LogP contribution is -2.45. The van der Waals surface area contributed by atoms with E-state index in [1.807, 2.05) is 0 Å². The van der Waals surface area contributed by atoms with Crippen molar-refractivity contribution in [3.05, 3.63) is 29.6 Å². The van der Waals surface area contributed by atoms with Gasteiger partial charge in [-0.05, 0) is 43.9 Å². The van der Waals surface area contributed by atoms with Gasteiger partial charge in [-0.2, -0.15) is 0 Å². The van der Waals surface area contributed by atoms with Crippen molar-refractivity contribution in [1.82, 2.24) is 9.62 Å². The number of hydrogen-bond acceptors (Lipinski definition) is 4. The predicted molar refractivity (Wildman–Crippen MR) is 89.1 cm³/mol. The third kappa shape index (κ3) is 4.91. The number of likely N-dealkylation sites (tertiary alicyclic amines) is 1. The zero-order chi connectivity index (χ0) is 17.7. The van der Waals surface area contributed by atoms with Crippen LogP contribution in [0.15, 0.2) is 18.2 Å². The van der Waals surface area contributed by atoms with Crippen LogP contribution in [-0.4, -0.2) is 51.7 Å². The summed E-state index contributed by atoms with van der Waals surface area (Å²) in [5.74, 6) is -0.713. The van der Waals surface area contributed by atoms with Crippen LogP contribution in [0.1, 0.15) is 36.0 Å². The number of amides is 1. The number of rotatable bonds is 6. The second-order valence-electron chi connectivity index (χ2n) is 5.95. The lowest BCUT2D eigenvalue weighted by molar-refractivity contribution is 0.0603. The number of carbonyl (C=O) groups is 1. The Bertz CT molecular complexity index is 693. The van der Waals surface area contributed by atoms with Crippen molar-refractivity contribution in [3.63, 3.8) is 0 Å². The van der Waals surface area contributed by atoms with Crippen molar-refractivity contribution >= 4 is 15.9 Å². The van der Waals surface area contributed by atoms with Gasteiger partial charge in [0.1, 0.15) is 0 Å². The molecule has 1 heterocycles. The van der Waals surface area contributed by atoms with Crippen molar-refractivity contribution in [2.24, 2.45) is 0 Å². The average Bonchev–Trinajstić information content (AvgIpc) is 2.53. The van der Waals surface area contributed by atoms with E-state index in [0.717, 1.165) is 25.5 Å². The summed E-state index contributed by atoms with van der Waals surface area (Å²) in [4.78, 5) is 14.4. The molecule has 0 radical (unpaired) electrons. The predicted octanol–water partition coefficient (Wildman–Crippen LogP) is 1.77. The van der Waals surface area contributed by atoms with Crippen LogP contribution in [0.3, 0.4) is 0 Å². The molecule has 1 atom stereocenters. The second kappa shape index (κ2) is 7.94. The summed E-state index contributed by atoms with van der Waals surface area (Å²) in [5.41, 5.74) is 0.274. The lowest BCUT2D eigenvalue weighted by atomic mass is 9.98. The maximum absolute atomic E-state index is 13.8. The highest BCUT2D eigenvalue weighted by atomic mass is 32.2. The fourth-order valence-corrected chi connectivity index (χ4v) is 3.43. The first kappa shape index (κ1) is 18.7. The van der Waals surface area contributed by atoms with Gasteiger partial charge in [-0.15, -0.1) is 0 Å². The summed E-state index contributed by atoms with van der Waals surface area (Å²) in [7, 11) is -1.87. The summed E-state index contributed by atoms with van der Waals surface area (Å²) in [6.45, 7) is 0.875. The Morgan fingerprint density at radius 3 is 2.79 bits per heavy atom. The van der Waals surface area contributed by atoms with Crippen LogP contribution < -0.4 is 9.46 Å². The van der Waals surface area contributed by atoms with Gasteiger partial charge in [0.25, 0.3) is 5.91 Å². The summed E-state index contributed by atoms with van der Waals surface area (Å²) in [6, 6.07) is 4.12. The number of benzene rings is 1. The fraction of sp³-hybridized carbons (Fsp3) is 0.562. The van der Waals surface area contributed by atoms with E-state index in [9.17, 15) is 17.6 Å². The molecule has 1 unspecified atom stereocenters. The number of sulfonamides is 1. The van der Waals surface area contributed by atoms with E-state index >= 15 is 0 Å². The van der Waals surface area contributed by atoms with Crippen molar-refractivity contribution in [3.8, 4) is 5.75 Å². The first-order chi connectivity index (χ1) is 11.3. The topological polar surface area (TPSA) is 75.7 Å². The molecule has 0 aliphatic carbocycles. The van der Waals surface area contributed by atoms with E-state index in [1.54, 1.807) is 11.0 Å². The van der Waals surface area contributed by atoms with Crippen molar-refractivity contribution < 1.29 is 22.3 Å². The van der Waals surface area contributed by atoms with E-state index in [0.29, 0.717) is 13.0 Å². The zero-order valence-electron chi connectivity index (χ0n) is 13.9. The SMILES string of the molecule is COc1ccc(C(=O)N2CCCCC2CCNS(C)(=O)=O)cc1F. The molecule has 0 bridgehead atoms. The van der Waals surface area contributed by atoms with Gasteiger partial charge in [-0.25, -0.2) is 17.5 Å². The number of halogens is 1. The molecule has 2 rings (SSSR count). The van der Waals surface area contributed by atoms with Crippen LogP contribution in [0.5, 0.6) is 5.75 Å². The summed E-state index contributed by atoms with van der Waals surface area (Å²) in [6.07, 6.45) is 4.34. The quantitative estimate of drug-likeness (QED) is 0.841. The Balaban J connectivity index is 2.08. The van der Waals surface area contributed by atoms with E-state index in [1.165, 1.54) is 19.2 Å². The molecule has 1 fully saturated rings. The largest absolute Gasteiger partial charge is 0.494 e. The number of hydrogen-bond donors (Lipinski definition) is 1. The Labute approximate surface area is 142 Å². The smallest absolute Gasteiger partial charge is 0.254 e. The number of methoxy groups -OCH3 is 1. The van der Waals surface area contributed by atoms with Gasteiger partial charge >= 0.3 is 0 Å². The standard InChI is InChI=1S/C16H23FN2O4S/c1-23-15-7-6-12(11-14(15)17)16(20)19-10-4-3-5-13(19)8-9-18-24(2,21)22/h6-7,11,13,18H,3-5,8-10H2,1-2H3. The molecule has 24 heavy (non-hydrogen) atoms. The first-order valence-corrected chi connectivity index (χ1v) is 9.80. The number of piperidine rings is 1. The first-order valence-electron chi connectivity index (χ1n) is 7.91. The van der Waals surface area contributed by atoms with Gasteiger partial charge in [0.15, 0.2) is 11.6 Å². The van der Waals surface area contributed by atoms with Gasteiger partial charge < -0.3 is 9.64 Å². The number of nitrogens with one attached hydrogen (secondary N) is 1. The van der Waals surface area contributed by atoms with E-state index in [4.69, 9.17) is 4.74 Å². The number of ether oxygens (including phenoxy) is 1. The highest BCUT2D eigenvalue weighted by Gasteiger charge is 2.27. The molecule has 1 aliphatic heterocycles. The fourth-order valence-electron chi connectivity index (χ4n) is 2.94. The van der Waals surface area contributed by atoms with Gasteiger partial charge in [0.2, 0.25) is 10.0 Å². The average molecular weight is 358 g/mol. The maximum atomic E-state index is 13.8. The lowest BCUT2D eigenvalue weighted by Gasteiger charge is -2.36. The summed E-state index contributed by atoms with van der Waals surface area (Å²) < 4.78 is 43.5. The molecule has 1 amide bonds. The molecule has 0 spiro atoms. The van der Waals surface area contributed by atoms with Crippen LogP contribution in [0.2, 0.25) is 0 Å². The number of carbonyl (C=O) groups excluding carboxylic acids is 1. The molecular weight excluding hydrogens is 335 g/mol. The van der Waals surface area contributed by atoms with Crippen molar-refractivity contribution in [2.45, 2.75) is 31.7 Å². The normalized spacial score (nSPS) is 18.5. The highest BCUT2D eigenvalue weighted by molar-refractivity contribution is 7.88. The molecule has 8 heteroatoms. The third-order valence-corrected chi connectivity index (χ3v) is 4.86. The Hall–Kier alpha value is -1.67. The highest BCUT2D eigenvalue weighted by Crippen LogP contribution is 2.24. The molecule has 6 nitrogen and oxygen atoms in total. The van der Waals surface area contributed by atoms with Crippen molar-refractivity contribution in [2.75, 3.05) is 26.5 Å². The molecule has 1 saturated heterocycles. The summed E-state index contributed by atoms with van der Waals surface area (Å²) in [5, 5.41) is 0. The molecule has 1 aromatic carbocycles. The van der Waals surface area contributed by atoms with Crippen LogP contribution in [0.25, 0.3) is 0 Å². The van der Waals surface area contributed by atoms with Crippen molar-refractivity contribution in [1.29, 1.82) is 0 Å². The molecule has 1 aromatic rings. The van der Waals surface area contributed by atoms with E-state index in [-0.39, 0.29) is 29.8 Å². The Morgan fingerprint density at radius 1 is 1.42 bits per heavy atom. The Kier molecular flexibility index (Phi) is 6.17. The van der Waals surface area contributed by atoms with Crippen LogP contribution >= 0.6 is 0 Å². The van der Waals surface area contributed by atoms with Gasteiger partial charge in [0.05, 0.1) is 13.4 Å². The third-order valence-electron chi connectivity index (χ3n) is 4.13. The van der Waals surface area contributed by atoms with Crippen LogP contribution in [-0.2, 0) is 10.0 Å². The van der Waals surface area contributed by atoms with Crippen LogP contribution in [0.4, 0.5) is 4.39 Å².